The number of rotatable bonds is 3. The molecule has 0 aromatic heterocycles. The van der Waals surface area contributed by atoms with E-state index in [-0.39, 0.29) is 18.0 Å². The van der Waals surface area contributed by atoms with Gasteiger partial charge in [-0.05, 0) is 11.5 Å². The van der Waals surface area contributed by atoms with Crippen LogP contribution in [0.3, 0.4) is 0 Å². The maximum Gasteiger partial charge on any atom is 0.224 e. The maximum absolute atomic E-state index is 11.9. The summed E-state index contributed by atoms with van der Waals surface area (Å²) in [4.78, 5) is 13.9. The summed E-state index contributed by atoms with van der Waals surface area (Å²) < 4.78 is 0. The van der Waals surface area contributed by atoms with Gasteiger partial charge >= 0.3 is 0 Å². The van der Waals surface area contributed by atoms with E-state index in [2.05, 4.69) is 26.0 Å². The highest BCUT2D eigenvalue weighted by Gasteiger charge is 2.38. The Morgan fingerprint density at radius 2 is 2.00 bits per heavy atom. The quantitative estimate of drug-likeness (QED) is 0.863. The first-order valence-corrected chi connectivity index (χ1v) is 6.18. The predicted octanol–water partition coefficient (Wildman–Crippen LogP) is 1.77. The van der Waals surface area contributed by atoms with Crippen LogP contribution in [0.2, 0.25) is 0 Å². The lowest BCUT2D eigenvalue weighted by Crippen LogP contribution is -2.43. The monoisotopic (exact) mass is 232 g/mol. The van der Waals surface area contributed by atoms with Crippen LogP contribution in [0.5, 0.6) is 0 Å². The largest absolute Gasteiger partial charge is 0.334 e. The fourth-order valence-electron chi connectivity index (χ4n) is 2.67. The zero-order valence-electron chi connectivity index (χ0n) is 10.5. The van der Waals surface area contributed by atoms with E-state index in [1.54, 1.807) is 0 Å². The van der Waals surface area contributed by atoms with Crippen molar-refractivity contribution in [2.24, 2.45) is 11.7 Å². The molecule has 1 heterocycles. The lowest BCUT2D eigenvalue weighted by atomic mass is 9.98. The van der Waals surface area contributed by atoms with Gasteiger partial charge in [-0.2, -0.15) is 0 Å². The second kappa shape index (κ2) is 4.88. The van der Waals surface area contributed by atoms with Crippen molar-refractivity contribution in [2.45, 2.75) is 38.9 Å². The van der Waals surface area contributed by atoms with E-state index in [9.17, 15) is 4.79 Å². The van der Waals surface area contributed by atoms with Gasteiger partial charge in [-0.15, -0.1) is 0 Å². The molecule has 1 saturated heterocycles. The number of carbonyl (C=O) groups excluding carboxylic acids is 1. The normalized spacial score (nSPS) is 24.7. The Kier molecular flexibility index (Phi) is 3.48. The van der Waals surface area contributed by atoms with E-state index < -0.39 is 0 Å². The van der Waals surface area contributed by atoms with Crippen LogP contribution >= 0.6 is 0 Å². The van der Waals surface area contributed by atoms with E-state index in [0.717, 1.165) is 0 Å². The first-order chi connectivity index (χ1) is 8.09. The zero-order valence-corrected chi connectivity index (χ0v) is 10.5. The Labute approximate surface area is 103 Å². The number of nitrogens with zero attached hydrogens (tertiary/aromatic N) is 1. The predicted molar refractivity (Wildman–Crippen MR) is 68.2 cm³/mol. The molecule has 1 aliphatic heterocycles. The van der Waals surface area contributed by atoms with E-state index >= 15 is 0 Å². The molecule has 0 unspecified atom stereocenters. The molecule has 1 amide bonds. The van der Waals surface area contributed by atoms with Crippen molar-refractivity contribution in [1.29, 1.82) is 0 Å². The highest BCUT2D eigenvalue weighted by molar-refractivity contribution is 5.80. The second-order valence-electron chi connectivity index (χ2n) is 5.11. The third-order valence-corrected chi connectivity index (χ3v) is 3.41. The standard InChI is InChI=1S/C14H20N2O/c1-10(2)14-12(15)8-13(17)16(14)9-11-6-4-3-5-7-11/h3-7,10,12,14H,8-9,15H2,1-2H3/t12-,14+/m1/s1. The van der Waals surface area contributed by atoms with Crippen molar-refractivity contribution in [3.8, 4) is 0 Å². The Balaban J connectivity index is 2.16. The third kappa shape index (κ3) is 2.50. The van der Waals surface area contributed by atoms with Gasteiger partial charge < -0.3 is 10.6 Å². The molecule has 1 fully saturated rings. The van der Waals surface area contributed by atoms with Crippen LogP contribution in [0.1, 0.15) is 25.8 Å². The Morgan fingerprint density at radius 1 is 1.35 bits per heavy atom. The topological polar surface area (TPSA) is 46.3 Å². The minimum atomic E-state index is -0.0220. The van der Waals surface area contributed by atoms with Gasteiger partial charge in [0.25, 0.3) is 0 Å². The van der Waals surface area contributed by atoms with E-state index in [4.69, 9.17) is 5.73 Å². The van der Waals surface area contributed by atoms with Gasteiger partial charge in [-0.1, -0.05) is 44.2 Å². The van der Waals surface area contributed by atoms with Gasteiger partial charge in [0.15, 0.2) is 0 Å². The summed E-state index contributed by atoms with van der Waals surface area (Å²) >= 11 is 0. The smallest absolute Gasteiger partial charge is 0.224 e. The van der Waals surface area contributed by atoms with Crippen LogP contribution in [0.25, 0.3) is 0 Å². The molecule has 0 aliphatic carbocycles. The second-order valence-corrected chi connectivity index (χ2v) is 5.11. The van der Waals surface area contributed by atoms with Crippen LogP contribution in [0.15, 0.2) is 30.3 Å². The van der Waals surface area contributed by atoms with E-state index in [1.807, 2.05) is 23.1 Å². The summed E-state index contributed by atoms with van der Waals surface area (Å²) in [7, 11) is 0. The number of benzene rings is 1. The summed E-state index contributed by atoms with van der Waals surface area (Å²) in [5.74, 6) is 0.584. The zero-order chi connectivity index (χ0) is 12.4. The van der Waals surface area contributed by atoms with Crippen molar-refractivity contribution >= 4 is 5.91 Å². The van der Waals surface area contributed by atoms with Gasteiger partial charge in [0.05, 0.1) is 0 Å². The lowest BCUT2D eigenvalue weighted by molar-refractivity contribution is -0.130. The maximum atomic E-state index is 11.9. The molecule has 0 bridgehead atoms. The average Bonchev–Trinajstić information content (AvgIpc) is 2.55. The molecule has 3 heteroatoms. The highest BCUT2D eigenvalue weighted by atomic mass is 16.2. The van der Waals surface area contributed by atoms with Crippen LogP contribution < -0.4 is 5.73 Å². The number of nitrogens with two attached hydrogens (primary N) is 1. The fourth-order valence-corrected chi connectivity index (χ4v) is 2.67. The highest BCUT2D eigenvalue weighted by Crippen LogP contribution is 2.25. The van der Waals surface area contributed by atoms with Gasteiger partial charge in [-0.25, -0.2) is 0 Å². The van der Waals surface area contributed by atoms with Crippen molar-refractivity contribution in [3.05, 3.63) is 35.9 Å². The number of hydrogen-bond donors (Lipinski definition) is 1. The molecule has 1 aromatic rings. The Hall–Kier alpha value is -1.35. The molecule has 0 radical (unpaired) electrons. The molecule has 2 atom stereocenters. The number of likely N-dealkylation sites (tertiary alicyclic amines) is 1. The molecule has 2 N–H and O–H groups in total. The molecule has 1 aromatic carbocycles. The summed E-state index contributed by atoms with van der Waals surface area (Å²) in [6.07, 6.45) is 0.482. The van der Waals surface area contributed by atoms with Gasteiger partial charge in [-0.3, -0.25) is 4.79 Å². The van der Waals surface area contributed by atoms with Crippen LogP contribution in [-0.4, -0.2) is 22.9 Å². The van der Waals surface area contributed by atoms with Crippen molar-refractivity contribution in [1.82, 2.24) is 4.90 Å². The average molecular weight is 232 g/mol. The number of carbonyl (C=O) groups is 1. The van der Waals surface area contributed by atoms with Crippen LogP contribution in [0, 0.1) is 5.92 Å². The molecule has 0 spiro atoms. The summed E-state index contributed by atoms with van der Waals surface area (Å²) in [6.45, 7) is 4.93. The Bertz CT molecular complexity index is 388. The molecule has 17 heavy (non-hydrogen) atoms. The van der Waals surface area contributed by atoms with Gasteiger partial charge in [0.1, 0.15) is 0 Å². The first kappa shape index (κ1) is 12.1. The molecule has 3 nitrogen and oxygen atoms in total. The van der Waals surface area contributed by atoms with Crippen molar-refractivity contribution in [2.75, 3.05) is 0 Å². The Morgan fingerprint density at radius 3 is 2.59 bits per heavy atom. The van der Waals surface area contributed by atoms with Gasteiger partial charge in [0, 0.05) is 25.0 Å². The molecule has 0 saturated carbocycles. The molecular formula is C14H20N2O. The van der Waals surface area contributed by atoms with Crippen LogP contribution in [0.4, 0.5) is 0 Å². The minimum Gasteiger partial charge on any atom is -0.334 e. The molecular weight excluding hydrogens is 212 g/mol. The van der Waals surface area contributed by atoms with Crippen molar-refractivity contribution in [3.63, 3.8) is 0 Å². The summed E-state index contributed by atoms with van der Waals surface area (Å²) in [5.41, 5.74) is 7.22. The molecule has 2 rings (SSSR count). The van der Waals surface area contributed by atoms with Crippen LogP contribution in [-0.2, 0) is 11.3 Å². The molecule has 92 valence electrons. The number of amides is 1. The summed E-state index contributed by atoms with van der Waals surface area (Å²) in [6, 6.07) is 10.2. The lowest BCUT2D eigenvalue weighted by Gasteiger charge is -2.30. The summed E-state index contributed by atoms with van der Waals surface area (Å²) in [5, 5.41) is 0. The van der Waals surface area contributed by atoms with Crippen molar-refractivity contribution < 1.29 is 4.79 Å². The number of hydrogen-bond acceptors (Lipinski definition) is 2. The minimum absolute atomic E-state index is 0.0220. The van der Waals surface area contributed by atoms with E-state index in [0.29, 0.717) is 18.9 Å². The molecule has 1 aliphatic rings. The third-order valence-electron chi connectivity index (χ3n) is 3.41. The van der Waals surface area contributed by atoms with E-state index in [1.165, 1.54) is 5.56 Å². The first-order valence-electron chi connectivity index (χ1n) is 6.18. The van der Waals surface area contributed by atoms with Gasteiger partial charge in [0.2, 0.25) is 5.91 Å². The SMILES string of the molecule is CC(C)[C@H]1[C@H](N)CC(=O)N1Cc1ccccc1. The fraction of sp³-hybridized carbons (Fsp3) is 0.500.